The Morgan fingerprint density at radius 1 is 1.35 bits per heavy atom. The number of rotatable bonds is 3. The lowest BCUT2D eigenvalue weighted by Gasteiger charge is -2.34. The molecule has 3 rings (SSSR count). The maximum atomic E-state index is 12.8. The summed E-state index contributed by atoms with van der Waals surface area (Å²) in [5.74, 6) is 0.270. The first-order valence-corrected chi connectivity index (χ1v) is 7.64. The third-order valence-electron chi connectivity index (χ3n) is 4.79. The number of para-hydroxylation sites is 1. The molecular formula is C17H23N2O+. The molecule has 2 aromatic rings. The molecule has 1 aromatic carbocycles. The summed E-state index contributed by atoms with van der Waals surface area (Å²) in [6.07, 6.45) is 5.65. The van der Waals surface area contributed by atoms with Gasteiger partial charge >= 0.3 is 0 Å². The quantitative estimate of drug-likeness (QED) is 0.825. The van der Waals surface area contributed by atoms with Gasteiger partial charge in [-0.05, 0) is 39.2 Å². The summed E-state index contributed by atoms with van der Waals surface area (Å²) in [5, 5.41) is 1.05. The summed E-state index contributed by atoms with van der Waals surface area (Å²) in [7, 11) is 0. The van der Waals surface area contributed by atoms with Gasteiger partial charge in [-0.2, -0.15) is 0 Å². The van der Waals surface area contributed by atoms with Crippen LogP contribution in [0.15, 0.2) is 30.5 Å². The van der Waals surface area contributed by atoms with Crippen molar-refractivity contribution in [3.8, 4) is 0 Å². The van der Waals surface area contributed by atoms with Gasteiger partial charge in [0, 0.05) is 22.7 Å². The van der Waals surface area contributed by atoms with E-state index in [9.17, 15) is 4.79 Å². The first-order valence-electron chi connectivity index (χ1n) is 7.64. The second-order valence-corrected chi connectivity index (χ2v) is 6.06. The van der Waals surface area contributed by atoms with E-state index < -0.39 is 0 Å². The minimum absolute atomic E-state index is 0.0458. The molecule has 0 radical (unpaired) electrons. The van der Waals surface area contributed by atoms with Crippen molar-refractivity contribution in [2.75, 3.05) is 6.54 Å². The summed E-state index contributed by atoms with van der Waals surface area (Å²) >= 11 is 0. The first-order chi connectivity index (χ1) is 9.68. The Kier molecular flexibility index (Phi) is 3.62. The molecule has 2 N–H and O–H groups in total. The van der Waals surface area contributed by atoms with Crippen LogP contribution < -0.4 is 4.90 Å². The fourth-order valence-electron chi connectivity index (χ4n) is 3.53. The largest absolute Gasteiger partial charge is 0.360 e. The number of nitrogens with one attached hydrogen (secondary N) is 2. The molecule has 1 aliphatic rings. The molecule has 1 fully saturated rings. The molecule has 1 unspecified atom stereocenters. The van der Waals surface area contributed by atoms with Crippen LogP contribution in [-0.2, 0) is 0 Å². The molecule has 2 heterocycles. The van der Waals surface area contributed by atoms with E-state index in [1.165, 1.54) is 24.2 Å². The van der Waals surface area contributed by atoms with Crippen LogP contribution in [-0.4, -0.2) is 29.4 Å². The second-order valence-electron chi connectivity index (χ2n) is 6.06. The zero-order chi connectivity index (χ0) is 14.1. The number of aromatic nitrogens is 1. The van der Waals surface area contributed by atoms with E-state index in [1.54, 1.807) is 0 Å². The van der Waals surface area contributed by atoms with Gasteiger partial charge in [0.2, 0.25) is 5.78 Å². The molecule has 0 saturated carbocycles. The molecule has 3 nitrogen and oxygen atoms in total. The van der Waals surface area contributed by atoms with Crippen molar-refractivity contribution in [2.24, 2.45) is 0 Å². The van der Waals surface area contributed by atoms with Crippen LogP contribution in [0.4, 0.5) is 0 Å². The molecule has 0 spiro atoms. The van der Waals surface area contributed by atoms with Gasteiger partial charge < -0.3 is 9.88 Å². The van der Waals surface area contributed by atoms with Crippen molar-refractivity contribution in [3.63, 3.8) is 0 Å². The van der Waals surface area contributed by atoms with E-state index in [1.807, 2.05) is 30.5 Å². The molecule has 20 heavy (non-hydrogen) atoms. The van der Waals surface area contributed by atoms with Crippen molar-refractivity contribution in [1.82, 2.24) is 4.98 Å². The molecule has 0 amide bonds. The predicted octanol–water partition coefficient (Wildman–Crippen LogP) is 2.20. The van der Waals surface area contributed by atoms with Crippen LogP contribution in [0, 0.1) is 0 Å². The average molecular weight is 271 g/mol. The monoisotopic (exact) mass is 271 g/mol. The topological polar surface area (TPSA) is 37.3 Å². The molecule has 0 bridgehead atoms. The maximum absolute atomic E-state index is 12.8. The highest BCUT2D eigenvalue weighted by atomic mass is 16.1. The number of hydrogen-bond acceptors (Lipinski definition) is 1. The summed E-state index contributed by atoms with van der Waals surface area (Å²) < 4.78 is 0. The fourth-order valence-corrected chi connectivity index (χ4v) is 3.53. The van der Waals surface area contributed by atoms with Crippen LogP contribution in [0.1, 0.15) is 43.5 Å². The molecule has 3 atom stereocenters. The summed E-state index contributed by atoms with van der Waals surface area (Å²) in [4.78, 5) is 17.5. The SMILES string of the molecule is C[C@@H]1CCCC[NH+]1[C@@H](C)C(=O)c1c[nH]c2ccccc12. The van der Waals surface area contributed by atoms with E-state index in [4.69, 9.17) is 0 Å². The Morgan fingerprint density at radius 3 is 2.95 bits per heavy atom. The van der Waals surface area contributed by atoms with Crippen LogP contribution in [0.3, 0.4) is 0 Å². The van der Waals surface area contributed by atoms with Gasteiger partial charge in [0.05, 0.1) is 12.6 Å². The minimum atomic E-state index is 0.0458. The van der Waals surface area contributed by atoms with Gasteiger partial charge in [0.15, 0.2) is 0 Å². The Hall–Kier alpha value is -1.61. The van der Waals surface area contributed by atoms with Crippen LogP contribution in [0.25, 0.3) is 10.9 Å². The van der Waals surface area contributed by atoms with Gasteiger partial charge in [-0.3, -0.25) is 4.79 Å². The zero-order valence-corrected chi connectivity index (χ0v) is 12.3. The Balaban J connectivity index is 1.88. The van der Waals surface area contributed by atoms with Gasteiger partial charge in [-0.25, -0.2) is 0 Å². The van der Waals surface area contributed by atoms with Crippen LogP contribution in [0.5, 0.6) is 0 Å². The van der Waals surface area contributed by atoms with Gasteiger partial charge in [0.25, 0.3) is 0 Å². The number of quaternary nitrogens is 1. The highest BCUT2D eigenvalue weighted by Gasteiger charge is 2.32. The molecule has 0 aliphatic carbocycles. The number of aromatic amines is 1. The van der Waals surface area contributed by atoms with E-state index >= 15 is 0 Å². The lowest BCUT2D eigenvalue weighted by molar-refractivity contribution is -0.941. The lowest BCUT2D eigenvalue weighted by atomic mass is 9.97. The number of ketones is 1. The molecule has 1 saturated heterocycles. The number of likely N-dealkylation sites (tertiary alicyclic amines) is 1. The van der Waals surface area contributed by atoms with Crippen molar-refractivity contribution < 1.29 is 9.69 Å². The molecule has 106 valence electrons. The number of fused-ring (bicyclic) bond motifs is 1. The van der Waals surface area contributed by atoms with Crippen LogP contribution in [0.2, 0.25) is 0 Å². The normalized spacial score (nSPS) is 24.7. The van der Waals surface area contributed by atoms with Crippen molar-refractivity contribution >= 4 is 16.7 Å². The third-order valence-corrected chi connectivity index (χ3v) is 4.79. The fraction of sp³-hybridized carbons (Fsp3) is 0.471. The van der Waals surface area contributed by atoms with E-state index in [2.05, 4.69) is 18.8 Å². The standard InChI is InChI=1S/C17H22N2O/c1-12-7-5-6-10-19(12)13(2)17(20)15-11-18-16-9-4-3-8-14(15)16/h3-4,8-9,11-13,18H,5-7,10H2,1-2H3/p+1/t12-,13+/m1/s1. The molecule has 3 heteroatoms. The average Bonchev–Trinajstić information content (AvgIpc) is 2.90. The van der Waals surface area contributed by atoms with Crippen molar-refractivity contribution in [2.45, 2.75) is 45.2 Å². The Labute approximate surface area is 120 Å². The molecule has 1 aromatic heterocycles. The highest BCUT2D eigenvalue weighted by Crippen LogP contribution is 2.19. The Morgan fingerprint density at radius 2 is 2.15 bits per heavy atom. The molecule has 1 aliphatic heterocycles. The number of carbonyl (C=O) groups is 1. The van der Waals surface area contributed by atoms with Gasteiger partial charge in [-0.15, -0.1) is 0 Å². The number of H-pyrrole nitrogens is 1. The summed E-state index contributed by atoms with van der Waals surface area (Å²) in [6, 6.07) is 8.67. The van der Waals surface area contributed by atoms with Crippen molar-refractivity contribution in [1.29, 1.82) is 0 Å². The Bertz CT molecular complexity index is 616. The third kappa shape index (κ3) is 2.27. The van der Waals surface area contributed by atoms with Gasteiger partial charge in [0.1, 0.15) is 6.04 Å². The maximum Gasteiger partial charge on any atom is 0.221 e. The number of hydrogen-bond donors (Lipinski definition) is 2. The van der Waals surface area contributed by atoms with E-state index in [0.29, 0.717) is 6.04 Å². The van der Waals surface area contributed by atoms with Crippen LogP contribution >= 0.6 is 0 Å². The minimum Gasteiger partial charge on any atom is -0.360 e. The van der Waals surface area contributed by atoms with Gasteiger partial charge in [-0.1, -0.05) is 18.2 Å². The second kappa shape index (κ2) is 5.41. The molecular weight excluding hydrogens is 248 g/mol. The number of benzene rings is 1. The highest BCUT2D eigenvalue weighted by molar-refractivity contribution is 6.09. The zero-order valence-electron chi connectivity index (χ0n) is 12.3. The van der Waals surface area contributed by atoms with E-state index in [-0.39, 0.29) is 11.8 Å². The number of piperidine rings is 1. The van der Waals surface area contributed by atoms with Crippen molar-refractivity contribution in [3.05, 3.63) is 36.0 Å². The predicted molar refractivity (Wildman–Crippen MR) is 81.2 cm³/mol. The lowest BCUT2D eigenvalue weighted by Crippen LogP contribution is -3.20. The first kappa shape index (κ1) is 13.4. The number of Topliss-reactive ketones (excluding diaryl/α,β-unsaturated/α-hetero) is 1. The summed E-state index contributed by atoms with van der Waals surface area (Å²) in [6.45, 7) is 5.48. The van der Waals surface area contributed by atoms with E-state index in [0.717, 1.165) is 23.0 Å². The smallest absolute Gasteiger partial charge is 0.221 e. The summed E-state index contributed by atoms with van der Waals surface area (Å²) in [5.41, 5.74) is 1.89. The number of carbonyl (C=O) groups excluding carboxylic acids is 1.